The van der Waals surface area contributed by atoms with Gasteiger partial charge >= 0.3 is 0 Å². The number of benzene rings is 1. The third-order valence-corrected chi connectivity index (χ3v) is 4.63. The summed E-state index contributed by atoms with van der Waals surface area (Å²) in [6, 6.07) is 6.56. The van der Waals surface area contributed by atoms with Gasteiger partial charge in [0.2, 0.25) is 5.91 Å². The molecule has 2 heterocycles. The minimum absolute atomic E-state index is 0.0298. The number of fused-ring (bicyclic) bond motifs is 1. The topological polar surface area (TPSA) is 35.6 Å². The molecule has 0 radical (unpaired) electrons. The van der Waals surface area contributed by atoms with Crippen molar-refractivity contribution in [2.24, 2.45) is 0 Å². The first-order valence-corrected chi connectivity index (χ1v) is 7.62. The highest BCUT2D eigenvalue weighted by molar-refractivity contribution is 5.95. The smallest absolute Gasteiger partial charge is 0.223 e. The molecule has 0 unspecified atom stereocenters. The standard InChI is InChI=1S/C17H25N3O/c1-12(21)20-9-16(2,3)14-7-6-13(8-15(14)20)19-10-17(4,5)18-11-19/h6-8,18H,9-11H2,1-5H3. The first-order chi connectivity index (χ1) is 9.70. The summed E-state index contributed by atoms with van der Waals surface area (Å²) in [5.41, 5.74) is 3.71. The Bertz CT molecular complexity index is 592. The molecule has 2 aliphatic heterocycles. The number of anilines is 2. The minimum Gasteiger partial charge on any atom is -0.357 e. The first-order valence-electron chi connectivity index (χ1n) is 7.62. The molecule has 1 saturated heterocycles. The molecule has 1 fully saturated rings. The van der Waals surface area contributed by atoms with Crippen LogP contribution in [-0.4, -0.2) is 31.2 Å². The summed E-state index contributed by atoms with van der Waals surface area (Å²) in [7, 11) is 0. The van der Waals surface area contributed by atoms with Gasteiger partial charge in [-0.1, -0.05) is 19.9 Å². The fourth-order valence-electron chi connectivity index (χ4n) is 3.44. The zero-order chi connectivity index (χ0) is 15.4. The van der Waals surface area contributed by atoms with E-state index in [1.54, 1.807) is 6.92 Å². The van der Waals surface area contributed by atoms with Crippen LogP contribution in [0.15, 0.2) is 18.2 Å². The van der Waals surface area contributed by atoms with Crippen molar-refractivity contribution in [3.8, 4) is 0 Å². The van der Waals surface area contributed by atoms with Gasteiger partial charge in [0.05, 0.1) is 6.67 Å². The van der Waals surface area contributed by atoms with Gasteiger partial charge in [0.1, 0.15) is 0 Å². The van der Waals surface area contributed by atoms with Crippen LogP contribution in [0.5, 0.6) is 0 Å². The van der Waals surface area contributed by atoms with Gasteiger partial charge in [-0.15, -0.1) is 0 Å². The third-order valence-electron chi connectivity index (χ3n) is 4.63. The predicted octanol–water partition coefficient (Wildman–Crippen LogP) is 2.48. The van der Waals surface area contributed by atoms with Gasteiger partial charge in [0.15, 0.2) is 0 Å². The summed E-state index contributed by atoms with van der Waals surface area (Å²) in [4.78, 5) is 16.2. The van der Waals surface area contributed by atoms with Crippen molar-refractivity contribution in [1.82, 2.24) is 5.32 Å². The van der Waals surface area contributed by atoms with Crippen molar-refractivity contribution in [3.63, 3.8) is 0 Å². The highest BCUT2D eigenvalue weighted by atomic mass is 16.2. The van der Waals surface area contributed by atoms with Crippen molar-refractivity contribution in [3.05, 3.63) is 23.8 Å². The Kier molecular flexibility index (Phi) is 3.06. The molecule has 1 N–H and O–H groups in total. The number of hydrogen-bond acceptors (Lipinski definition) is 3. The molecule has 0 bridgehead atoms. The lowest BCUT2D eigenvalue weighted by Crippen LogP contribution is -2.34. The van der Waals surface area contributed by atoms with E-state index in [0.717, 1.165) is 25.4 Å². The van der Waals surface area contributed by atoms with E-state index in [1.165, 1.54) is 11.3 Å². The van der Waals surface area contributed by atoms with Crippen molar-refractivity contribution < 1.29 is 4.79 Å². The van der Waals surface area contributed by atoms with Crippen molar-refractivity contribution in [2.45, 2.75) is 45.6 Å². The lowest BCUT2D eigenvalue weighted by Gasteiger charge is -2.22. The number of rotatable bonds is 1. The van der Waals surface area contributed by atoms with Crippen LogP contribution in [0.2, 0.25) is 0 Å². The molecule has 0 saturated carbocycles. The minimum atomic E-state index is 0.0298. The van der Waals surface area contributed by atoms with Gasteiger partial charge in [-0.05, 0) is 31.5 Å². The second-order valence-corrected chi connectivity index (χ2v) is 7.61. The third kappa shape index (κ3) is 2.42. The Balaban J connectivity index is 1.98. The van der Waals surface area contributed by atoms with E-state index in [4.69, 9.17) is 0 Å². The fourth-order valence-corrected chi connectivity index (χ4v) is 3.44. The number of nitrogens with zero attached hydrogens (tertiary/aromatic N) is 2. The second kappa shape index (κ2) is 4.47. The van der Waals surface area contributed by atoms with E-state index in [2.05, 4.69) is 56.1 Å². The molecular weight excluding hydrogens is 262 g/mol. The number of amides is 1. The van der Waals surface area contributed by atoms with Crippen LogP contribution < -0.4 is 15.1 Å². The molecule has 3 rings (SSSR count). The quantitative estimate of drug-likeness (QED) is 0.862. The molecule has 0 aliphatic carbocycles. The van der Waals surface area contributed by atoms with Crippen molar-refractivity contribution in [2.75, 3.05) is 29.6 Å². The molecule has 4 heteroatoms. The Labute approximate surface area is 127 Å². The van der Waals surface area contributed by atoms with Crippen LogP contribution >= 0.6 is 0 Å². The number of nitrogens with one attached hydrogen (secondary N) is 1. The number of carbonyl (C=O) groups excluding carboxylic acids is 1. The summed E-state index contributed by atoms with van der Waals surface area (Å²) in [6.45, 7) is 13.1. The maximum atomic E-state index is 11.9. The average Bonchev–Trinajstić information content (AvgIpc) is 2.87. The molecule has 2 aliphatic rings. The van der Waals surface area contributed by atoms with Crippen LogP contribution in [0.25, 0.3) is 0 Å². The van der Waals surface area contributed by atoms with Gasteiger partial charge in [-0.25, -0.2) is 0 Å². The molecule has 0 atom stereocenters. The largest absolute Gasteiger partial charge is 0.357 e. The van der Waals surface area contributed by atoms with Gasteiger partial charge < -0.3 is 9.80 Å². The maximum Gasteiger partial charge on any atom is 0.223 e. The van der Waals surface area contributed by atoms with Gasteiger partial charge in [-0.2, -0.15) is 0 Å². The fraction of sp³-hybridized carbons (Fsp3) is 0.588. The van der Waals surface area contributed by atoms with Crippen LogP contribution in [0.1, 0.15) is 40.2 Å². The Morgan fingerprint density at radius 1 is 1.19 bits per heavy atom. The monoisotopic (exact) mass is 287 g/mol. The highest BCUT2D eigenvalue weighted by Gasteiger charge is 2.37. The predicted molar refractivity (Wildman–Crippen MR) is 86.9 cm³/mol. The molecule has 21 heavy (non-hydrogen) atoms. The van der Waals surface area contributed by atoms with Crippen LogP contribution in [0.3, 0.4) is 0 Å². The Morgan fingerprint density at radius 2 is 1.90 bits per heavy atom. The van der Waals surface area contributed by atoms with Crippen molar-refractivity contribution in [1.29, 1.82) is 0 Å². The van der Waals surface area contributed by atoms with Crippen LogP contribution in [0, 0.1) is 0 Å². The molecule has 1 aromatic carbocycles. The molecule has 0 spiro atoms. The van der Waals surface area contributed by atoms with E-state index >= 15 is 0 Å². The summed E-state index contributed by atoms with van der Waals surface area (Å²) < 4.78 is 0. The lowest BCUT2D eigenvalue weighted by molar-refractivity contribution is -0.116. The molecule has 114 valence electrons. The summed E-state index contributed by atoms with van der Waals surface area (Å²) in [5.74, 6) is 0.124. The molecule has 1 amide bonds. The second-order valence-electron chi connectivity index (χ2n) is 7.61. The Morgan fingerprint density at radius 3 is 2.48 bits per heavy atom. The maximum absolute atomic E-state index is 11.9. The molecule has 4 nitrogen and oxygen atoms in total. The van der Waals surface area contributed by atoms with E-state index in [9.17, 15) is 4.79 Å². The molecule has 1 aromatic rings. The normalized spacial score (nSPS) is 22.5. The first kappa shape index (κ1) is 14.4. The summed E-state index contributed by atoms with van der Waals surface area (Å²) in [6.07, 6.45) is 0. The van der Waals surface area contributed by atoms with Crippen molar-refractivity contribution >= 4 is 17.3 Å². The van der Waals surface area contributed by atoms with E-state index < -0.39 is 0 Å². The van der Waals surface area contributed by atoms with Gasteiger partial charge in [-0.3, -0.25) is 10.1 Å². The average molecular weight is 287 g/mol. The van der Waals surface area contributed by atoms with Crippen LogP contribution in [-0.2, 0) is 10.2 Å². The van der Waals surface area contributed by atoms with E-state index in [1.807, 2.05) is 4.90 Å². The summed E-state index contributed by atoms with van der Waals surface area (Å²) in [5, 5.41) is 3.51. The van der Waals surface area contributed by atoms with E-state index in [-0.39, 0.29) is 16.9 Å². The Hall–Kier alpha value is -1.55. The van der Waals surface area contributed by atoms with Crippen LogP contribution in [0.4, 0.5) is 11.4 Å². The number of carbonyl (C=O) groups is 1. The molecule has 0 aromatic heterocycles. The van der Waals surface area contributed by atoms with Gasteiger partial charge in [0.25, 0.3) is 0 Å². The lowest BCUT2D eigenvalue weighted by atomic mass is 9.87. The van der Waals surface area contributed by atoms with Gasteiger partial charge in [0, 0.05) is 42.3 Å². The summed E-state index contributed by atoms with van der Waals surface area (Å²) >= 11 is 0. The zero-order valence-electron chi connectivity index (χ0n) is 13.7. The highest BCUT2D eigenvalue weighted by Crippen LogP contribution is 2.42. The SMILES string of the molecule is CC(=O)N1CC(C)(C)c2ccc(N3CNC(C)(C)C3)cc21. The molecular formula is C17H25N3O. The zero-order valence-corrected chi connectivity index (χ0v) is 13.7. The van der Waals surface area contributed by atoms with E-state index in [0.29, 0.717) is 0 Å². The number of hydrogen-bond donors (Lipinski definition) is 1.